The van der Waals surface area contributed by atoms with E-state index in [2.05, 4.69) is 0 Å². The molecule has 0 spiro atoms. The Bertz CT molecular complexity index is 430. The molecule has 0 radical (unpaired) electrons. The minimum Gasteiger partial charge on any atom is -0.496 e. The maximum Gasteiger partial charge on any atom is 0.127 e. The van der Waals surface area contributed by atoms with E-state index in [1.807, 2.05) is 25.1 Å². The summed E-state index contributed by atoms with van der Waals surface area (Å²) in [6, 6.07) is 5.37. The van der Waals surface area contributed by atoms with Gasteiger partial charge in [-0.05, 0) is 19.1 Å². The van der Waals surface area contributed by atoms with Crippen molar-refractivity contribution in [2.24, 2.45) is 5.73 Å². The van der Waals surface area contributed by atoms with Crippen molar-refractivity contribution in [3.8, 4) is 11.5 Å². The number of rotatable bonds is 6. The van der Waals surface area contributed by atoms with Crippen molar-refractivity contribution in [1.29, 1.82) is 0 Å². The summed E-state index contributed by atoms with van der Waals surface area (Å²) in [6.45, 7) is 3.92. The Hall–Kier alpha value is -1.30. The lowest BCUT2D eigenvalue weighted by Gasteiger charge is -2.42. The van der Waals surface area contributed by atoms with Gasteiger partial charge in [-0.2, -0.15) is 0 Å². The molecule has 1 atom stereocenters. The zero-order valence-corrected chi connectivity index (χ0v) is 13.1. The van der Waals surface area contributed by atoms with Crippen molar-refractivity contribution >= 4 is 0 Å². The molecule has 0 bridgehead atoms. The topological polar surface area (TPSA) is 62.9 Å². The molecule has 1 aliphatic rings. The van der Waals surface area contributed by atoms with E-state index in [0.29, 0.717) is 19.8 Å². The molecule has 1 heterocycles. The average Bonchev–Trinajstić information content (AvgIpc) is 2.54. The molecule has 1 fully saturated rings. The highest BCUT2D eigenvalue weighted by Crippen LogP contribution is 2.43. The molecule has 5 heteroatoms. The van der Waals surface area contributed by atoms with Gasteiger partial charge in [0.2, 0.25) is 0 Å². The first-order chi connectivity index (χ1) is 10.2. The highest BCUT2D eigenvalue weighted by molar-refractivity contribution is 5.48. The minimum absolute atomic E-state index is 0.326. The van der Waals surface area contributed by atoms with Gasteiger partial charge in [-0.3, -0.25) is 0 Å². The standard InChI is InChI=1S/C16H25NO4/c1-4-21-16(8-10-20-11-9-16)15(17)14-12(18-2)6-5-7-13(14)19-3/h5-7,15H,4,8-11,17H2,1-3H3. The molecular weight excluding hydrogens is 270 g/mol. The van der Waals surface area contributed by atoms with E-state index in [1.165, 1.54) is 0 Å². The molecule has 5 nitrogen and oxygen atoms in total. The smallest absolute Gasteiger partial charge is 0.127 e. The zero-order valence-electron chi connectivity index (χ0n) is 13.1. The van der Waals surface area contributed by atoms with E-state index in [1.54, 1.807) is 14.2 Å². The van der Waals surface area contributed by atoms with Crippen LogP contribution in [-0.4, -0.2) is 39.6 Å². The van der Waals surface area contributed by atoms with Gasteiger partial charge in [0, 0.05) is 32.7 Å². The number of ether oxygens (including phenoxy) is 4. The monoisotopic (exact) mass is 295 g/mol. The Morgan fingerprint density at radius 2 is 1.76 bits per heavy atom. The average molecular weight is 295 g/mol. The Labute approximate surface area is 126 Å². The fourth-order valence-corrected chi connectivity index (χ4v) is 3.00. The van der Waals surface area contributed by atoms with E-state index in [-0.39, 0.29) is 6.04 Å². The number of methoxy groups -OCH3 is 2. The maximum absolute atomic E-state index is 6.60. The molecule has 1 aliphatic heterocycles. The summed E-state index contributed by atoms with van der Waals surface area (Å²) in [5.41, 5.74) is 7.03. The molecular formula is C16H25NO4. The van der Waals surface area contributed by atoms with Crippen molar-refractivity contribution in [3.63, 3.8) is 0 Å². The van der Waals surface area contributed by atoms with Gasteiger partial charge in [-0.15, -0.1) is 0 Å². The Morgan fingerprint density at radius 1 is 1.19 bits per heavy atom. The lowest BCUT2D eigenvalue weighted by atomic mass is 9.82. The van der Waals surface area contributed by atoms with Crippen LogP contribution >= 0.6 is 0 Å². The Kier molecular flexibility index (Phi) is 5.45. The van der Waals surface area contributed by atoms with Gasteiger partial charge >= 0.3 is 0 Å². The van der Waals surface area contributed by atoms with E-state index in [9.17, 15) is 0 Å². The molecule has 0 aromatic heterocycles. The molecule has 1 saturated heterocycles. The van der Waals surface area contributed by atoms with Crippen LogP contribution in [0, 0.1) is 0 Å². The fraction of sp³-hybridized carbons (Fsp3) is 0.625. The summed E-state index contributed by atoms with van der Waals surface area (Å²) in [7, 11) is 3.28. The van der Waals surface area contributed by atoms with Crippen LogP contribution < -0.4 is 15.2 Å². The molecule has 2 N–H and O–H groups in total. The van der Waals surface area contributed by atoms with Crippen molar-refractivity contribution in [1.82, 2.24) is 0 Å². The van der Waals surface area contributed by atoms with E-state index < -0.39 is 5.60 Å². The van der Waals surface area contributed by atoms with Crippen LogP contribution in [0.1, 0.15) is 31.4 Å². The van der Waals surface area contributed by atoms with Gasteiger partial charge in [0.25, 0.3) is 0 Å². The first kappa shape index (κ1) is 16.1. The Balaban J connectivity index is 2.42. The predicted octanol–water partition coefficient (Wildman–Crippen LogP) is 2.29. The molecule has 0 aliphatic carbocycles. The lowest BCUT2D eigenvalue weighted by molar-refractivity contribution is -0.122. The van der Waals surface area contributed by atoms with Crippen molar-refractivity contribution in [2.45, 2.75) is 31.4 Å². The fourth-order valence-electron chi connectivity index (χ4n) is 3.00. The van der Waals surface area contributed by atoms with E-state index >= 15 is 0 Å². The highest BCUT2D eigenvalue weighted by atomic mass is 16.5. The summed E-state index contributed by atoms with van der Waals surface area (Å²) in [5.74, 6) is 1.46. The third-order valence-corrected chi connectivity index (χ3v) is 4.11. The van der Waals surface area contributed by atoms with Crippen molar-refractivity contribution in [3.05, 3.63) is 23.8 Å². The van der Waals surface area contributed by atoms with Gasteiger partial charge in [0.05, 0.1) is 31.4 Å². The van der Waals surface area contributed by atoms with Gasteiger partial charge in [0.1, 0.15) is 11.5 Å². The first-order valence-electron chi connectivity index (χ1n) is 7.36. The molecule has 0 saturated carbocycles. The molecule has 1 aromatic rings. The molecule has 21 heavy (non-hydrogen) atoms. The van der Waals surface area contributed by atoms with E-state index in [4.69, 9.17) is 24.7 Å². The summed E-state index contributed by atoms with van der Waals surface area (Å²) < 4.78 is 22.5. The Morgan fingerprint density at radius 3 is 2.24 bits per heavy atom. The van der Waals surface area contributed by atoms with Gasteiger partial charge < -0.3 is 24.7 Å². The predicted molar refractivity (Wildman–Crippen MR) is 80.9 cm³/mol. The van der Waals surface area contributed by atoms with Crippen LogP contribution in [0.25, 0.3) is 0 Å². The quantitative estimate of drug-likeness (QED) is 0.872. The second kappa shape index (κ2) is 7.11. The highest BCUT2D eigenvalue weighted by Gasteiger charge is 2.42. The van der Waals surface area contributed by atoms with Gasteiger partial charge in [-0.1, -0.05) is 6.07 Å². The third kappa shape index (κ3) is 3.15. The van der Waals surface area contributed by atoms with Crippen LogP contribution in [0.5, 0.6) is 11.5 Å². The molecule has 118 valence electrons. The van der Waals surface area contributed by atoms with E-state index in [0.717, 1.165) is 29.9 Å². The normalized spacial score (nSPS) is 19.0. The van der Waals surface area contributed by atoms with Crippen molar-refractivity contribution in [2.75, 3.05) is 34.0 Å². The molecule has 2 rings (SSSR count). The number of hydrogen-bond donors (Lipinski definition) is 1. The van der Waals surface area contributed by atoms with Crippen molar-refractivity contribution < 1.29 is 18.9 Å². The number of nitrogens with two attached hydrogens (primary N) is 1. The largest absolute Gasteiger partial charge is 0.496 e. The number of hydrogen-bond acceptors (Lipinski definition) is 5. The summed E-state index contributed by atoms with van der Waals surface area (Å²) in [5, 5.41) is 0. The van der Waals surface area contributed by atoms with Crippen LogP contribution in [0.15, 0.2) is 18.2 Å². The van der Waals surface area contributed by atoms with Crippen LogP contribution in [-0.2, 0) is 9.47 Å². The van der Waals surface area contributed by atoms with Crippen LogP contribution in [0.4, 0.5) is 0 Å². The first-order valence-corrected chi connectivity index (χ1v) is 7.36. The lowest BCUT2D eigenvalue weighted by Crippen LogP contribution is -2.48. The second-order valence-electron chi connectivity index (χ2n) is 5.16. The molecule has 1 aromatic carbocycles. The van der Waals surface area contributed by atoms with Gasteiger partial charge in [0.15, 0.2) is 0 Å². The van der Waals surface area contributed by atoms with Gasteiger partial charge in [-0.25, -0.2) is 0 Å². The minimum atomic E-state index is -0.436. The van der Waals surface area contributed by atoms with Crippen LogP contribution in [0.2, 0.25) is 0 Å². The molecule has 1 unspecified atom stereocenters. The third-order valence-electron chi connectivity index (χ3n) is 4.11. The SMILES string of the molecule is CCOC1(C(N)c2c(OC)cccc2OC)CCOCC1. The molecule has 0 amide bonds. The summed E-state index contributed by atoms with van der Waals surface area (Å²) >= 11 is 0. The number of benzene rings is 1. The maximum atomic E-state index is 6.60. The summed E-state index contributed by atoms with van der Waals surface area (Å²) in [4.78, 5) is 0. The summed E-state index contributed by atoms with van der Waals surface area (Å²) in [6.07, 6.45) is 1.53. The zero-order chi connectivity index (χ0) is 15.3. The van der Waals surface area contributed by atoms with Crippen LogP contribution in [0.3, 0.4) is 0 Å². The second-order valence-corrected chi connectivity index (χ2v) is 5.16.